The minimum absolute atomic E-state index is 0.898. The second-order valence-corrected chi connectivity index (χ2v) is 2.69. The van der Waals surface area contributed by atoms with Crippen LogP contribution in [0.25, 0.3) is 0 Å². The molecule has 1 rings (SSSR count). The van der Waals surface area contributed by atoms with Gasteiger partial charge in [-0.05, 0) is 6.20 Å². The number of nitrogens with zero attached hydrogens (tertiary/aromatic N) is 2. The predicted molar refractivity (Wildman–Crippen MR) is 53.1 cm³/mol. The van der Waals surface area contributed by atoms with Gasteiger partial charge in [0.25, 0.3) is 0 Å². The molecule has 0 fully saturated rings. The molecule has 1 heterocycles. The van der Waals surface area contributed by atoms with E-state index >= 15 is 0 Å². The Bertz CT molecular complexity index is 233. The lowest BCUT2D eigenvalue weighted by molar-refractivity contribution is 0.340. The van der Waals surface area contributed by atoms with Gasteiger partial charge < -0.3 is 27.1 Å². The van der Waals surface area contributed by atoms with Crippen LogP contribution in [0.5, 0.6) is 0 Å². The zero-order valence-corrected chi connectivity index (χ0v) is 8.12. The van der Waals surface area contributed by atoms with E-state index in [0.717, 1.165) is 13.2 Å². The van der Waals surface area contributed by atoms with E-state index in [-0.39, 0.29) is 0 Å². The molecular formula is C8H12BF4N2-. The standard InChI is InChI=1S/C8H12N2.BF4/c1-3-5-10-7-6-9(4-2)8-10;2-1(3,4)5/h3-4,6-7H,1-2,5,8H2;/q;-1. The van der Waals surface area contributed by atoms with Crippen molar-refractivity contribution in [2.24, 2.45) is 0 Å². The highest BCUT2D eigenvalue weighted by atomic mass is 19.5. The van der Waals surface area contributed by atoms with Gasteiger partial charge in [0.15, 0.2) is 0 Å². The van der Waals surface area contributed by atoms with Crippen LogP contribution < -0.4 is 0 Å². The van der Waals surface area contributed by atoms with E-state index in [1.165, 1.54) is 0 Å². The van der Waals surface area contributed by atoms with Crippen LogP contribution >= 0.6 is 0 Å². The van der Waals surface area contributed by atoms with Crippen LogP contribution in [-0.4, -0.2) is 30.3 Å². The molecular weight excluding hydrogens is 211 g/mol. The first kappa shape index (κ1) is 13.6. The van der Waals surface area contributed by atoms with Crippen molar-refractivity contribution < 1.29 is 17.3 Å². The maximum atomic E-state index is 9.75. The number of hydrogen-bond acceptors (Lipinski definition) is 2. The van der Waals surface area contributed by atoms with Crippen molar-refractivity contribution in [1.29, 1.82) is 0 Å². The summed E-state index contributed by atoms with van der Waals surface area (Å²) in [6, 6.07) is 0. The fraction of sp³-hybridized carbons (Fsp3) is 0.250. The van der Waals surface area contributed by atoms with Gasteiger partial charge in [0.2, 0.25) is 0 Å². The first-order valence-corrected chi connectivity index (χ1v) is 4.15. The van der Waals surface area contributed by atoms with Gasteiger partial charge in [-0.2, -0.15) is 0 Å². The number of rotatable bonds is 3. The van der Waals surface area contributed by atoms with Crippen LogP contribution in [0.1, 0.15) is 0 Å². The van der Waals surface area contributed by atoms with E-state index in [0.29, 0.717) is 0 Å². The topological polar surface area (TPSA) is 6.48 Å². The fourth-order valence-electron chi connectivity index (χ4n) is 0.887. The SMILES string of the molecule is C=CCN1C=CN(C=C)C1.F[B-](F)(F)F. The smallest absolute Gasteiger partial charge is 0.418 e. The first-order chi connectivity index (χ1) is 6.86. The summed E-state index contributed by atoms with van der Waals surface area (Å²) in [6.45, 7) is 9.12. The third kappa shape index (κ3) is 8.92. The van der Waals surface area contributed by atoms with Crippen LogP contribution in [0.15, 0.2) is 37.8 Å². The van der Waals surface area contributed by atoms with Crippen molar-refractivity contribution in [3.05, 3.63) is 37.8 Å². The van der Waals surface area contributed by atoms with Gasteiger partial charge in [-0.25, -0.2) is 0 Å². The van der Waals surface area contributed by atoms with E-state index < -0.39 is 7.25 Å². The van der Waals surface area contributed by atoms with E-state index in [1.807, 2.05) is 23.4 Å². The molecule has 7 heteroatoms. The minimum atomic E-state index is -6.00. The lowest BCUT2D eigenvalue weighted by atomic mass is 10.3. The summed E-state index contributed by atoms with van der Waals surface area (Å²) in [7, 11) is -6.00. The van der Waals surface area contributed by atoms with E-state index in [9.17, 15) is 17.3 Å². The highest BCUT2D eigenvalue weighted by Gasteiger charge is 2.20. The molecule has 0 saturated heterocycles. The molecule has 0 saturated carbocycles. The van der Waals surface area contributed by atoms with Gasteiger partial charge in [0.05, 0.1) is 6.67 Å². The summed E-state index contributed by atoms with van der Waals surface area (Å²) in [5.74, 6) is 0. The van der Waals surface area contributed by atoms with Crippen LogP contribution in [-0.2, 0) is 0 Å². The molecule has 0 N–H and O–H groups in total. The van der Waals surface area contributed by atoms with Crippen molar-refractivity contribution in [2.45, 2.75) is 0 Å². The summed E-state index contributed by atoms with van der Waals surface area (Å²) >= 11 is 0. The van der Waals surface area contributed by atoms with Gasteiger partial charge in [-0.15, -0.1) is 6.58 Å². The summed E-state index contributed by atoms with van der Waals surface area (Å²) in [5, 5.41) is 0. The molecule has 0 amide bonds. The minimum Gasteiger partial charge on any atom is -0.418 e. The highest BCUT2D eigenvalue weighted by molar-refractivity contribution is 6.50. The largest absolute Gasteiger partial charge is 0.673 e. The van der Waals surface area contributed by atoms with Crippen molar-refractivity contribution in [3.8, 4) is 0 Å². The van der Waals surface area contributed by atoms with Crippen LogP contribution in [0, 0.1) is 0 Å². The van der Waals surface area contributed by atoms with E-state index in [4.69, 9.17) is 0 Å². The monoisotopic (exact) mass is 223 g/mol. The van der Waals surface area contributed by atoms with Gasteiger partial charge in [0, 0.05) is 18.9 Å². The maximum absolute atomic E-state index is 9.75. The summed E-state index contributed by atoms with van der Waals surface area (Å²) < 4.78 is 39.0. The summed E-state index contributed by atoms with van der Waals surface area (Å²) in [4.78, 5) is 4.16. The Morgan fingerprint density at radius 3 is 2.07 bits per heavy atom. The van der Waals surface area contributed by atoms with Crippen LogP contribution in [0.2, 0.25) is 0 Å². The van der Waals surface area contributed by atoms with Crippen LogP contribution in [0.4, 0.5) is 17.3 Å². The Labute approximate surface area is 86.3 Å². The molecule has 1 aliphatic heterocycles. The third-order valence-corrected chi connectivity index (χ3v) is 1.41. The fourth-order valence-corrected chi connectivity index (χ4v) is 0.887. The molecule has 86 valence electrons. The summed E-state index contributed by atoms with van der Waals surface area (Å²) in [6.07, 6.45) is 7.72. The molecule has 0 aromatic rings. The Kier molecular flexibility index (Phi) is 5.58. The molecule has 0 unspecified atom stereocenters. The normalized spacial score (nSPS) is 14.7. The molecule has 15 heavy (non-hydrogen) atoms. The molecule has 0 bridgehead atoms. The van der Waals surface area contributed by atoms with Gasteiger partial charge in [-0.3, -0.25) is 0 Å². The molecule has 0 aliphatic carbocycles. The molecule has 0 radical (unpaired) electrons. The predicted octanol–water partition coefficient (Wildman–Crippen LogP) is 2.66. The molecule has 2 nitrogen and oxygen atoms in total. The van der Waals surface area contributed by atoms with Crippen molar-refractivity contribution >= 4 is 7.25 Å². The van der Waals surface area contributed by atoms with Gasteiger partial charge >= 0.3 is 7.25 Å². The maximum Gasteiger partial charge on any atom is 0.673 e. The molecule has 0 atom stereocenters. The first-order valence-electron chi connectivity index (χ1n) is 4.15. The zero-order valence-electron chi connectivity index (χ0n) is 8.12. The highest BCUT2D eigenvalue weighted by Crippen LogP contribution is 2.06. The molecule has 0 aromatic carbocycles. The number of hydrogen-bond donors (Lipinski definition) is 0. The Hall–Kier alpha value is -1.40. The summed E-state index contributed by atoms with van der Waals surface area (Å²) in [5.41, 5.74) is 0. The van der Waals surface area contributed by atoms with Gasteiger partial charge in [0.1, 0.15) is 0 Å². The van der Waals surface area contributed by atoms with Crippen molar-refractivity contribution in [2.75, 3.05) is 13.2 Å². The second kappa shape index (κ2) is 6.16. The van der Waals surface area contributed by atoms with Crippen molar-refractivity contribution in [1.82, 2.24) is 9.80 Å². The quantitative estimate of drug-likeness (QED) is 0.412. The second-order valence-electron chi connectivity index (χ2n) is 2.69. The van der Waals surface area contributed by atoms with Gasteiger partial charge in [-0.1, -0.05) is 12.7 Å². The average Bonchev–Trinajstić information content (AvgIpc) is 2.50. The van der Waals surface area contributed by atoms with E-state index in [2.05, 4.69) is 18.1 Å². The zero-order chi connectivity index (χ0) is 11.9. The molecule has 0 aromatic heterocycles. The molecule has 0 spiro atoms. The number of halogens is 4. The Morgan fingerprint density at radius 1 is 1.20 bits per heavy atom. The molecule has 1 aliphatic rings. The average molecular weight is 223 g/mol. The lowest BCUT2D eigenvalue weighted by Gasteiger charge is -2.15. The Balaban J connectivity index is 0.000000336. The Morgan fingerprint density at radius 2 is 1.73 bits per heavy atom. The van der Waals surface area contributed by atoms with E-state index in [1.54, 1.807) is 6.20 Å². The lowest BCUT2D eigenvalue weighted by Crippen LogP contribution is -2.21. The third-order valence-electron chi connectivity index (χ3n) is 1.41. The van der Waals surface area contributed by atoms with Crippen LogP contribution in [0.3, 0.4) is 0 Å². The van der Waals surface area contributed by atoms with Crippen molar-refractivity contribution in [3.63, 3.8) is 0 Å².